The molecule has 0 saturated heterocycles. The van der Waals surface area contributed by atoms with Gasteiger partial charge in [-0.3, -0.25) is 9.59 Å². The Bertz CT molecular complexity index is 686. The lowest BCUT2D eigenvalue weighted by Crippen LogP contribution is -2.29. The van der Waals surface area contributed by atoms with Crippen molar-refractivity contribution < 1.29 is 9.59 Å². The molecule has 0 atom stereocenters. The van der Waals surface area contributed by atoms with Crippen molar-refractivity contribution in [2.75, 3.05) is 11.9 Å². The Morgan fingerprint density at radius 2 is 1.86 bits per heavy atom. The molecule has 0 aliphatic carbocycles. The maximum atomic E-state index is 11.8. The molecular weight excluding hydrogens is 300 g/mol. The standard InChI is InChI=1S/C17H17ClN2O2/c1-12(21)13-6-4-7-15(9-13)19-11-17(22)20-10-14-5-2-3-8-16(14)18/h2-9,19H,10-11H2,1H3,(H,20,22). The zero-order valence-electron chi connectivity index (χ0n) is 12.2. The van der Waals surface area contributed by atoms with Gasteiger partial charge < -0.3 is 10.6 Å². The van der Waals surface area contributed by atoms with E-state index in [9.17, 15) is 9.59 Å². The van der Waals surface area contributed by atoms with Crippen LogP contribution in [-0.2, 0) is 11.3 Å². The largest absolute Gasteiger partial charge is 0.376 e. The van der Waals surface area contributed by atoms with Gasteiger partial charge in [0.1, 0.15) is 0 Å². The van der Waals surface area contributed by atoms with E-state index in [0.29, 0.717) is 17.1 Å². The predicted octanol–water partition coefficient (Wildman–Crippen LogP) is 3.27. The quantitative estimate of drug-likeness (QED) is 0.804. The van der Waals surface area contributed by atoms with Crippen LogP contribution in [-0.4, -0.2) is 18.2 Å². The predicted molar refractivity (Wildman–Crippen MR) is 88.2 cm³/mol. The van der Waals surface area contributed by atoms with E-state index in [0.717, 1.165) is 11.3 Å². The molecule has 0 aliphatic heterocycles. The van der Waals surface area contributed by atoms with Crippen LogP contribution < -0.4 is 10.6 Å². The van der Waals surface area contributed by atoms with E-state index in [-0.39, 0.29) is 18.2 Å². The van der Waals surface area contributed by atoms with Gasteiger partial charge in [-0.15, -0.1) is 0 Å². The molecule has 0 saturated carbocycles. The SMILES string of the molecule is CC(=O)c1cccc(NCC(=O)NCc2ccccc2Cl)c1. The number of amides is 1. The zero-order valence-corrected chi connectivity index (χ0v) is 13.0. The van der Waals surface area contributed by atoms with Gasteiger partial charge in [-0.2, -0.15) is 0 Å². The minimum atomic E-state index is -0.145. The van der Waals surface area contributed by atoms with Crippen LogP contribution in [0, 0.1) is 0 Å². The molecule has 0 aliphatic rings. The van der Waals surface area contributed by atoms with Crippen LogP contribution in [0.1, 0.15) is 22.8 Å². The lowest BCUT2D eigenvalue weighted by molar-refractivity contribution is -0.119. The third kappa shape index (κ3) is 4.60. The van der Waals surface area contributed by atoms with E-state index < -0.39 is 0 Å². The lowest BCUT2D eigenvalue weighted by atomic mass is 10.1. The molecular formula is C17H17ClN2O2. The van der Waals surface area contributed by atoms with Gasteiger partial charge in [-0.05, 0) is 30.7 Å². The van der Waals surface area contributed by atoms with Crippen molar-refractivity contribution in [1.82, 2.24) is 5.32 Å². The molecule has 2 aromatic rings. The average molecular weight is 317 g/mol. The Balaban J connectivity index is 1.84. The Morgan fingerprint density at radius 3 is 2.59 bits per heavy atom. The summed E-state index contributed by atoms with van der Waals surface area (Å²) in [4.78, 5) is 23.1. The summed E-state index contributed by atoms with van der Waals surface area (Å²) < 4.78 is 0. The molecule has 5 heteroatoms. The molecule has 0 spiro atoms. The first-order chi connectivity index (χ1) is 10.6. The maximum absolute atomic E-state index is 11.8. The number of Topliss-reactive ketones (excluding diaryl/α,β-unsaturated/α-hetero) is 1. The third-order valence-corrected chi connectivity index (χ3v) is 3.52. The van der Waals surface area contributed by atoms with Crippen LogP contribution >= 0.6 is 11.6 Å². The number of benzene rings is 2. The van der Waals surface area contributed by atoms with E-state index in [1.54, 1.807) is 24.3 Å². The molecule has 2 rings (SSSR count). The Morgan fingerprint density at radius 1 is 1.09 bits per heavy atom. The summed E-state index contributed by atoms with van der Waals surface area (Å²) in [6, 6.07) is 14.4. The monoisotopic (exact) mass is 316 g/mol. The smallest absolute Gasteiger partial charge is 0.239 e. The van der Waals surface area contributed by atoms with Crippen molar-refractivity contribution >= 4 is 29.0 Å². The van der Waals surface area contributed by atoms with Crippen molar-refractivity contribution in [3.05, 3.63) is 64.7 Å². The molecule has 0 fully saturated rings. The number of ketones is 1. The molecule has 0 heterocycles. The van der Waals surface area contributed by atoms with Gasteiger partial charge in [0.2, 0.25) is 5.91 Å². The maximum Gasteiger partial charge on any atom is 0.239 e. The summed E-state index contributed by atoms with van der Waals surface area (Å²) in [6.45, 7) is 2.02. The van der Waals surface area contributed by atoms with E-state index in [1.807, 2.05) is 24.3 Å². The average Bonchev–Trinajstić information content (AvgIpc) is 2.52. The van der Waals surface area contributed by atoms with Gasteiger partial charge in [-0.25, -0.2) is 0 Å². The molecule has 114 valence electrons. The number of carbonyl (C=O) groups is 2. The summed E-state index contributed by atoms with van der Waals surface area (Å²) in [5.41, 5.74) is 2.22. The number of rotatable bonds is 6. The molecule has 0 aromatic heterocycles. The van der Waals surface area contributed by atoms with Gasteiger partial charge in [0.15, 0.2) is 5.78 Å². The van der Waals surface area contributed by atoms with E-state index in [1.165, 1.54) is 6.92 Å². The topological polar surface area (TPSA) is 58.2 Å². The van der Waals surface area contributed by atoms with E-state index >= 15 is 0 Å². The number of hydrogen-bond acceptors (Lipinski definition) is 3. The van der Waals surface area contributed by atoms with Crippen LogP contribution in [0.25, 0.3) is 0 Å². The minimum Gasteiger partial charge on any atom is -0.376 e. The number of halogens is 1. The highest BCUT2D eigenvalue weighted by Gasteiger charge is 2.05. The summed E-state index contributed by atoms with van der Waals surface area (Å²) in [6.07, 6.45) is 0. The molecule has 1 amide bonds. The Kier molecular flexibility index (Phi) is 5.55. The molecule has 2 aromatic carbocycles. The molecule has 0 bridgehead atoms. The number of hydrogen-bond donors (Lipinski definition) is 2. The number of carbonyl (C=O) groups excluding carboxylic acids is 2. The van der Waals surface area contributed by atoms with Gasteiger partial charge in [0.05, 0.1) is 6.54 Å². The molecule has 0 radical (unpaired) electrons. The summed E-state index contributed by atoms with van der Waals surface area (Å²) in [5.74, 6) is -0.153. The van der Waals surface area contributed by atoms with Crippen LogP contribution in [0.5, 0.6) is 0 Å². The first-order valence-electron chi connectivity index (χ1n) is 6.91. The van der Waals surface area contributed by atoms with Crippen molar-refractivity contribution in [3.63, 3.8) is 0 Å². The van der Waals surface area contributed by atoms with Crippen molar-refractivity contribution in [2.24, 2.45) is 0 Å². The summed E-state index contributed by atoms with van der Waals surface area (Å²) >= 11 is 6.03. The van der Waals surface area contributed by atoms with Crippen LogP contribution in [0.15, 0.2) is 48.5 Å². The summed E-state index contributed by atoms with van der Waals surface area (Å²) in [7, 11) is 0. The highest BCUT2D eigenvalue weighted by Crippen LogP contribution is 2.14. The first kappa shape index (κ1) is 16.0. The van der Waals surface area contributed by atoms with Crippen LogP contribution in [0.3, 0.4) is 0 Å². The Labute approximate surface area is 134 Å². The molecule has 22 heavy (non-hydrogen) atoms. The fourth-order valence-electron chi connectivity index (χ4n) is 1.93. The second-order valence-electron chi connectivity index (χ2n) is 4.86. The zero-order chi connectivity index (χ0) is 15.9. The fourth-order valence-corrected chi connectivity index (χ4v) is 2.13. The highest BCUT2D eigenvalue weighted by atomic mass is 35.5. The van der Waals surface area contributed by atoms with Gasteiger partial charge >= 0.3 is 0 Å². The van der Waals surface area contributed by atoms with Gasteiger partial charge in [-0.1, -0.05) is 41.9 Å². The Hall–Kier alpha value is -2.33. The van der Waals surface area contributed by atoms with Crippen molar-refractivity contribution in [2.45, 2.75) is 13.5 Å². The second kappa shape index (κ2) is 7.61. The van der Waals surface area contributed by atoms with Crippen molar-refractivity contribution in [1.29, 1.82) is 0 Å². The molecule has 4 nitrogen and oxygen atoms in total. The normalized spacial score (nSPS) is 10.1. The van der Waals surface area contributed by atoms with Gasteiger partial charge in [0.25, 0.3) is 0 Å². The lowest BCUT2D eigenvalue weighted by Gasteiger charge is -2.09. The van der Waals surface area contributed by atoms with E-state index in [4.69, 9.17) is 11.6 Å². The van der Waals surface area contributed by atoms with Crippen LogP contribution in [0.4, 0.5) is 5.69 Å². The second-order valence-corrected chi connectivity index (χ2v) is 5.27. The number of anilines is 1. The summed E-state index contributed by atoms with van der Waals surface area (Å²) in [5, 5.41) is 6.42. The first-order valence-corrected chi connectivity index (χ1v) is 7.29. The number of nitrogens with one attached hydrogen (secondary N) is 2. The minimum absolute atomic E-state index is 0.00757. The van der Waals surface area contributed by atoms with E-state index in [2.05, 4.69) is 10.6 Å². The fraction of sp³-hybridized carbons (Fsp3) is 0.176. The molecule has 0 unspecified atom stereocenters. The van der Waals surface area contributed by atoms with Crippen LogP contribution in [0.2, 0.25) is 5.02 Å². The van der Waals surface area contributed by atoms with Gasteiger partial charge in [0, 0.05) is 22.8 Å². The highest BCUT2D eigenvalue weighted by molar-refractivity contribution is 6.31. The molecule has 2 N–H and O–H groups in total. The van der Waals surface area contributed by atoms with Crippen molar-refractivity contribution in [3.8, 4) is 0 Å². The third-order valence-electron chi connectivity index (χ3n) is 3.16.